The Morgan fingerprint density at radius 2 is 0.729 bits per heavy atom. The van der Waals surface area contributed by atoms with Crippen molar-refractivity contribution in [2.45, 2.75) is 38.9 Å². The smallest absolute Gasteiger partial charge is 0.128 e. The monoisotopic (exact) mass is 630 g/mol. The Morgan fingerprint density at radius 3 is 1.15 bits per heavy atom. The van der Waals surface area contributed by atoms with Gasteiger partial charge < -0.3 is 19.7 Å². The summed E-state index contributed by atoms with van der Waals surface area (Å²) in [5, 5.41) is 34.3. The van der Waals surface area contributed by atoms with E-state index >= 15 is 0 Å². The van der Waals surface area contributed by atoms with Gasteiger partial charge in [-0.2, -0.15) is 0 Å². The van der Waals surface area contributed by atoms with E-state index in [-0.39, 0.29) is 25.4 Å². The molecule has 0 spiro atoms. The maximum absolute atomic E-state index is 10.2. The summed E-state index contributed by atoms with van der Waals surface area (Å²) in [6.07, 6.45) is 0.601. The molecule has 0 aromatic heterocycles. The first kappa shape index (κ1) is 30.2. The van der Waals surface area contributed by atoms with Gasteiger partial charge >= 0.3 is 0 Å². The van der Waals surface area contributed by atoms with E-state index in [1.54, 1.807) is 0 Å². The van der Waals surface area contributed by atoms with E-state index in [4.69, 9.17) is 9.47 Å². The van der Waals surface area contributed by atoms with E-state index in [0.29, 0.717) is 24.3 Å². The molecule has 0 fully saturated rings. The largest absolute Gasteiger partial charge is 0.487 e. The van der Waals surface area contributed by atoms with Gasteiger partial charge in [0.15, 0.2) is 0 Å². The van der Waals surface area contributed by atoms with Gasteiger partial charge in [0.1, 0.15) is 23.7 Å². The van der Waals surface area contributed by atoms with Crippen molar-refractivity contribution in [3.05, 3.63) is 121 Å². The molecule has 0 heterocycles. The summed E-state index contributed by atoms with van der Waals surface area (Å²) >= 11 is 0. The van der Waals surface area contributed by atoms with E-state index in [1.807, 2.05) is 26.0 Å². The Hall–Kier alpha value is -5.16. The van der Waals surface area contributed by atoms with Crippen LogP contribution in [0.15, 0.2) is 121 Å². The fourth-order valence-electron chi connectivity index (χ4n) is 7.34. The summed E-state index contributed by atoms with van der Waals surface area (Å²) in [6, 6.07) is 43.0. The highest BCUT2D eigenvalue weighted by Crippen LogP contribution is 2.49. The number of hydrogen-bond donors (Lipinski definition) is 2. The zero-order valence-electron chi connectivity index (χ0n) is 27.2. The van der Waals surface area contributed by atoms with Crippen LogP contribution >= 0.6 is 0 Å². The van der Waals surface area contributed by atoms with Crippen molar-refractivity contribution in [3.63, 3.8) is 0 Å². The number of benzene rings is 8. The molecule has 48 heavy (non-hydrogen) atoms. The highest BCUT2D eigenvalue weighted by atomic mass is 16.5. The van der Waals surface area contributed by atoms with Gasteiger partial charge in [-0.3, -0.25) is 0 Å². The van der Waals surface area contributed by atoms with E-state index in [2.05, 4.69) is 109 Å². The van der Waals surface area contributed by atoms with Crippen molar-refractivity contribution in [2.24, 2.45) is 0 Å². The van der Waals surface area contributed by atoms with Gasteiger partial charge in [0.25, 0.3) is 0 Å². The molecule has 0 saturated heterocycles. The average molecular weight is 631 g/mol. The van der Waals surface area contributed by atoms with E-state index < -0.39 is 0 Å². The van der Waals surface area contributed by atoms with Crippen molar-refractivity contribution in [3.8, 4) is 22.6 Å². The molecule has 0 saturated carbocycles. The molecule has 0 radical (unpaired) electrons. The van der Waals surface area contributed by atoms with Gasteiger partial charge in [0, 0.05) is 11.1 Å². The van der Waals surface area contributed by atoms with Gasteiger partial charge in [-0.25, -0.2) is 0 Å². The average Bonchev–Trinajstić information content (AvgIpc) is 3.15. The van der Waals surface area contributed by atoms with Crippen molar-refractivity contribution in [1.82, 2.24) is 0 Å². The zero-order valence-corrected chi connectivity index (χ0v) is 27.2. The number of rotatable bonds is 9. The number of aliphatic hydroxyl groups excluding tert-OH is 2. The lowest BCUT2D eigenvalue weighted by Crippen LogP contribution is -2.21. The van der Waals surface area contributed by atoms with Crippen molar-refractivity contribution in [2.75, 3.05) is 13.2 Å². The van der Waals surface area contributed by atoms with Crippen LogP contribution in [0, 0.1) is 0 Å². The van der Waals surface area contributed by atoms with E-state index in [9.17, 15) is 10.2 Å². The fourth-order valence-corrected chi connectivity index (χ4v) is 7.34. The normalized spacial score (nSPS) is 13.2. The minimum atomic E-state index is -0.363. The molecule has 0 aliphatic carbocycles. The molecule has 4 heteroatoms. The Labute approximate surface area is 279 Å². The van der Waals surface area contributed by atoms with Crippen LogP contribution in [-0.4, -0.2) is 35.6 Å². The third kappa shape index (κ3) is 4.92. The van der Waals surface area contributed by atoms with Crippen LogP contribution in [0.25, 0.3) is 75.8 Å². The molecular weight excluding hydrogens is 592 g/mol. The lowest BCUT2D eigenvalue weighted by atomic mass is 9.88. The number of aliphatic hydroxyl groups is 2. The topological polar surface area (TPSA) is 58.9 Å². The van der Waals surface area contributed by atoms with Crippen LogP contribution in [0.1, 0.15) is 26.7 Å². The Bertz CT molecular complexity index is 2300. The van der Waals surface area contributed by atoms with E-state index in [1.165, 1.54) is 32.3 Å². The summed E-state index contributed by atoms with van der Waals surface area (Å²) < 4.78 is 13.3. The van der Waals surface area contributed by atoms with Crippen LogP contribution < -0.4 is 9.47 Å². The van der Waals surface area contributed by atoms with Gasteiger partial charge in [0.2, 0.25) is 0 Å². The van der Waals surface area contributed by atoms with Gasteiger partial charge in [-0.15, -0.1) is 0 Å². The summed E-state index contributed by atoms with van der Waals surface area (Å²) in [7, 11) is 0. The lowest BCUT2D eigenvalue weighted by molar-refractivity contribution is 0.111. The van der Waals surface area contributed by atoms with E-state index in [0.717, 1.165) is 43.4 Å². The molecular formula is C44H38O4. The predicted octanol–water partition coefficient (Wildman–Crippen LogP) is 10.6. The molecule has 0 aliphatic rings. The first-order valence-electron chi connectivity index (χ1n) is 16.9. The highest BCUT2D eigenvalue weighted by molar-refractivity contribution is 6.24. The van der Waals surface area contributed by atoms with Gasteiger partial charge in [0.05, 0.1) is 13.2 Å². The Morgan fingerprint density at radius 1 is 0.396 bits per heavy atom. The van der Waals surface area contributed by atoms with Gasteiger partial charge in [-0.1, -0.05) is 123 Å². The SMILES string of the molecule is CCC(CO)Oc1ccc2c(ccc3c4ccccc4ccc23)c1-c1c(OC(CC)CO)ccc2c1ccc1c3ccccc3ccc21. The minimum Gasteiger partial charge on any atom is -0.487 e. The van der Waals surface area contributed by atoms with Crippen LogP contribution in [0.4, 0.5) is 0 Å². The molecule has 8 aromatic carbocycles. The van der Waals surface area contributed by atoms with Crippen LogP contribution in [0.3, 0.4) is 0 Å². The first-order chi connectivity index (χ1) is 23.6. The molecule has 238 valence electrons. The third-order valence-corrected chi connectivity index (χ3v) is 9.92. The lowest BCUT2D eigenvalue weighted by Gasteiger charge is -2.24. The molecule has 8 rings (SSSR count). The van der Waals surface area contributed by atoms with Crippen LogP contribution in [0.5, 0.6) is 11.5 Å². The van der Waals surface area contributed by atoms with Crippen molar-refractivity contribution < 1.29 is 19.7 Å². The number of hydrogen-bond acceptors (Lipinski definition) is 4. The summed E-state index contributed by atoms with van der Waals surface area (Å²) in [6.45, 7) is 3.87. The second kappa shape index (κ2) is 12.5. The summed E-state index contributed by atoms with van der Waals surface area (Å²) in [4.78, 5) is 0. The Kier molecular flexibility index (Phi) is 7.84. The van der Waals surface area contributed by atoms with Crippen molar-refractivity contribution in [1.29, 1.82) is 0 Å². The second-order valence-corrected chi connectivity index (χ2v) is 12.6. The summed E-state index contributed by atoms with van der Waals surface area (Å²) in [5.41, 5.74) is 1.84. The molecule has 0 bridgehead atoms. The van der Waals surface area contributed by atoms with Crippen LogP contribution in [-0.2, 0) is 0 Å². The second-order valence-electron chi connectivity index (χ2n) is 12.6. The fraction of sp³-hybridized carbons (Fsp3) is 0.182. The molecule has 0 aliphatic heterocycles. The number of fused-ring (bicyclic) bond motifs is 10. The molecule has 2 unspecified atom stereocenters. The molecule has 4 nitrogen and oxygen atoms in total. The third-order valence-electron chi connectivity index (χ3n) is 9.92. The summed E-state index contributed by atoms with van der Waals surface area (Å²) in [5.74, 6) is 1.38. The quantitative estimate of drug-likeness (QED) is 0.156. The predicted molar refractivity (Wildman–Crippen MR) is 200 cm³/mol. The maximum atomic E-state index is 10.2. The molecule has 2 atom stereocenters. The van der Waals surface area contributed by atoms with Crippen molar-refractivity contribution >= 4 is 64.6 Å². The molecule has 8 aromatic rings. The standard InChI is InChI=1S/C44H38O4/c1-3-29(25-45)47-41-23-21-37-35-15-13-27-9-5-7-11-31(27)33(35)17-19-39(37)43(41)44-40-20-18-34-32-12-8-6-10-28(32)14-16-36(34)38(40)22-24-42(44)48-30(4-2)26-46/h5-24,29-30,45-46H,3-4,25-26H2,1-2H3. The highest BCUT2D eigenvalue weighted by Gasteiger charge is 2.24. The van der Waals surface area contributed by atoms with Crippen LogP contribution in [0.2, 0.25) is 0 Å². The first-order valence-corrected chi connectivity index (χ1v) is 16.9. The zero-order chi connectivity index (χ0) is 32.8. The molecule has 2 N–H and O–H groups in total. The Balaban J connectivity index is 1.50. The number of ether oxygens (including phenoxy) is 2. The maximum Gasteiger partial charge on any atom is 0.128 e. The minimum absolute atomic E-state index is 0.0866. The molecule has 0 amide bonds. The van der Waals surface area contributed by atoms with Gasteiger partial charge in [-0.05, 0) is 89.6 Å².